The summed E-state index contributed by atoms with van der Waals surface area (Å²) in [5.74, 6) is 0.216. The Kier molecular flexibility index (Phi) is 5.41. The molecule has 5 nitrogen and oxygen atoms in total. The largest absolute Gasteiger partial charge is 0.349 e. The lowest BCUT2D eigenvalue weighted by Gasteiger charge is -2.18. The fourth-order valence-corrected chi connectivity index (χ4v) is 1.92. The second-order valence-corrected chi connectivity index (χ2v) is 4.66. The van der Waals surface area contributed by atoms with Crippen LogP contribution in [0.15, 0.2) is 0 Å². The molecular formula is C12H23N3O2. The standard InChI is InChI=1S/C12H23N3O2/c1-4-7-13-10-5-8-15(12(10)17)9-6-11(16)14(2)3/h10,13H,4-9H2,1-3H3. The maximum Gasteiger partial charge on any atom is 0.239 e. The number of rotatable bonds is 6. The van der Waals surface area contributed by atoms with Gasteiger partial charge in [-0.25, -0.2) is 0 Å². The highest BCUT2D eigenvalue weighted by Crippen LogP contribution is 2.11. The fourth-order valence-electron chi connectivity index (χ4n) is 1.92. The Labute approximate surface area is 103 Å². The number of amides is 2. The molecule has 0 spiro atoms. The van der Waals surface area contributed by atoms with Crippen LogP contribution in [0.2, 0.25) is 0 Å². The third-order valence-corrected chi connectivity index (χ3v) is 3.03. The van der Waals surface area contributed by atoms with Crippen LogP contribution in [0.3, 0.4) is 0 Å². The summed E-state index contributed by atoms with van der Waals surface area (Å²) in [6.45, 7) is 4.27. The number of carbonyl (C=O) groups excluding carboxylic acids is 2. The Bertz CT molecular complexity index is 279. The first-order valence-corrected chi connectivity index (χ1v) is 6.28. The molecule has 2 amide bonds. The molecule has 0 bridgehead atoms. The first kappa shape index (κ1) is 14.0. The van der Waals surface area contributed by atoms with Crippen molar-refractivity contribution in [3.05, 3.63) is 0 Å². The zero-order chi connectivity index (χ0) is 12.8. The Hall–Kier alpha value is -1.10. The molecule has 0 radical (unpaired) electrons. The highest BCUT2D eigenvalue weighted by Gasteiger charge is 2.30. The van der Waals surface area contributed by atoms with E-state index < -0.39 is 0 Å². The van der Waals surface area contributed by atoms with Gasteiger partial charge in [0.1, 0.15) is 0 Å². The van der Waals surface area contributed by atoms with E-state index in [9.17, 15) is 9.59 Å². The molecule has 1 atom stereocenters. The van der Waals surface area contributed by atoms with Crippen LogP contribution >= 0.6 is 0 Å². The molecule has 1 N–H and O–H groups in total. The molecule has 1 unspecified atom stereocenters. The van der Waals surface area contributed by atoms with E-state index in [4.69, 9.17) is 0 Å². The van der Waals surface area contributed by atoms with E-state index in [1.54, 1.807) is 23.9 Å². The highest BCUT2D eigenvalue weighted by atomic mass is 16.2. The fraction of sp³-hybridized carbons (Fsp3) is 0.833. The number of nitrogens with one attached hydrogen (secondary N) is 1. The quantitative estimate of drug-likeness (QED) is 0.716. The van der Waals surface area contributed by atoms with Gasteiger partial charge in [0.15, 0.2) is 0 Å². The second-order valence-electron chi connectivity index (χ2n) is 4.66. The van der Waals surface area contributed by atoms with Gasteiger partial charge in [0, 0.05) is 33.6 Å². The molecule has 1 rings (SSSR count). The van der Waals surface area contributed by atoms with Crippen LogP contribution in [-0.4, -0.2) is 61.4 Å². The van der Waals surface area contributed by atoms with E-state index in [2.05, 4.69) is 12.2 Å². The van der Waals surface area contributed by atoms with Crippen LogP contribution in [0, 0.1) is 0 Å². The molecule has 0 saturated carbocycles. The number of hydrogen-bond donors (Lipinski definition) is 1. The van der Waals surface area contributed by atoms with Crippen molar-refractivity contribution in [2.24, 2.45) is 0 Å². The van der Waals surface area contributed by atoms with Crippen molar-refractivity contribution in [2.75, 3.05) is 33.7 Å². The minimum absolute atomic E-state index is 0.0376. The van der Waals surface area contributed by atoms with Gasteiger partial charge in [0.05, 0.1) is 6.04 Å². The minimum Gasteiger partial charge on any atom is -0.349 e. The molecule has 98 valence electrons. The topological polar surface area (TPSA) is 52.7 Å². The van der Waals surface area contributed by atoms with Gasteiger partial charge >= 0.3 is 0 Å². The van der Waals surface area contributed by atoms with Crippen LogP contribution in [-0.2, 0) is 9.59 Å². The van der Waals surface area contributed by atoms with Gasteiger partial charge in [0.2, 0.25) is 11.8 Å². The predicted octanol–water partition coefficient (Wildman–Crippen LogP) is 0.0652. The lowest BCUT2D eigenvalue weighted by molar-refractivity contribution is -0.132. The van der Waals surface area contributed by atoms with E-state index in [-0.39, 0.29) is 17.9 Å². The van der Waals surface area contributed by atoms with Crippen molar-refractivity contribution >= 4 is 11.8 Å². The van der Waals surface area contributed by atoms with Gasteiger partial charge in [-0.3, -0.25) is 9.59 Å². The lowest BCUT2D eigenvalue weighted by Crippen LogP contribution is -2.39. The Morgan fingerprint density at radius 2 is 2.24 bits per heavy atom. The number of hydrogen-bond acceptors (Lipinski definition) is 3. The summed E-state index contributed by atoms with van der Waals surface area (Å²) < 4.78 is 0. The molecule has 1 saturated heterocycles. The maximum absolute atomic E-state index is 11.9. The monoisotopic (exact) mass is 241 g/mol. The Morgan fingerprint density at radius 1 is 1.53 bits per heavy atom. The van der Waals surface area contributed by atoms with Crippen molar-refractivity contribution in [1.82, 2.24) is 15.1 Å². The number of nitrogens with zero attached hydrogens (tertiary/aromatic N) is 2. The zero-order valence-corrected chi connectivity index (χ0v) is 11.0. The van der Waals surface area contributed by atoms with E-state index >= 15 is 0 Å². The summed E-state index contributed by atoms with van der Waals surface area (Å²) in [4.78, 5) is 26.7. The van der Waals surface area contributed by atoms with Gasteiger partial charge < -0.3 is 15.1 Å². The van der Waals surface area contributed by atoms with Crippen LogP contribution in [0.25, 0.3) is 0 Å². The van der Waals surface area contributed by atoms with Crippen molar-refractivity contribution in [1.29, 1.82) is 0 Å². The first-order chi connectivity index (χ1) is 8.06. The Morgan fingerprint density at radius 3 is 2.82 bits per heavy atom. The van der Waals surface area contributed by atoms with Gasteiger partial charge in [0.25, 0.3) is 0 Å². The molecule has 1 heterocycles. The normalized spacial score (nSPS) is 19.8. The Balaban J connectivity index is 2.32. The highest BCUT2D eigenvalue weighted by molar-refractivity contribution is 5.84. The van der Waals surface area contributed by atoms with Crippen LogP contribution in [0.4, 0.5) is 0 Å². The average Bonchev–Trinajstić information content (AvgIpc) is 2.64. The molecule has 1 aliphatic heterocycles. The van der Waals surface area contributed by atoms with Crippen molar-refractivity contribution in [3.63, 3.8) is 0 Å². The van der Waals surface area contributed by atoms with Crippen molar-refractivity contribution in [2.45, 2.75) is 32.2 Å². The second kappa shape index (κ2) is 6.59. The molecule has 0 aromatic carbocycles. The van der Waals surface area contributed by atoms with E-state index in [1.807, 2.05) is 0 Å². The molecule has 1 aliphatic rings. The summed E-state index contributed by atoms with van der Waals surface area (Å²) >= 11 is 0. The third-order valence-electron chi connectivity index (χ3n) is 3.03. The number of carbonyl (C=O) groups is 2. The van der Waals surface area contributed by atoms with E-state index in [0.717, 1.165) is 25.9 Å². The summed E-state index contributed by atoms with van der Waals surface area (Å²) in [5.41, 5.74) is 0. The molecule has 0 aromatic heterocycles. The molecule has 0 aliphatic carbocycles. The van der Waals surface area contributed by atoms with Crippen molar-refractivity contribution < 1.29 is 9.59 Å². The molecule has 1 fully saturated rings. The average molecular weight is 241 g/mol. The summed E-state index contributed by atoms with van der Waals surface area (Å²) in [6.07, 6.45) is 2.30. The van der Waals surface area contributed by atoms with Gasteiger partial charge in [-0.05, 0) is 19.4 Å². The minimum atomic E-state index is -0.0376. The number of likely N-dealkylation sites (tertiary alicyclic amines) is 1. The zero-order valence-electron chi connectivity index (χ0n) is 11.0. The maximum atomic E-state index is 11.9. The SMILES string of the molecule is CCCNC1CCN(CCC(=O)N(C)C)C1=O. The van der Waals surface area contributed by atoms with Gasteiger partial charge in [-0.2, -0.15) is 0 Å². The van der Waals surface area contributed by atoms with E-state index in [0.29, 0.717) is 13.0 Å². The molecule has 0 aromatic rings. The molecule has 5 heteroatoms. The summed E-state index contributed by atoms with van der Waals surface area (Å²) in [7, 11) is 3.47. The predicted molar refractivity (Wildman–Crippen MR) is 66.6 cm³/mol. The van der Waals surface area contributed by atoms with Gasteiger partial charge in [-0.1, -0.05) is 6.92 Å². The first-order valence-electron chi connectivity index (χ1n) is 6.28. The summed E-state index contributed by atoms with van der Waals surface area (Å²) in [6, 6.07) is -0.0376. The lowest BCUT2D eigenvalue weighted by atomic mass is 10.2. The third kappa shape index (κ3) is 4.00. The van der Waals surface area contributed by atoms with Crippen molar-refractivity contribution in [3.8, 4) is 0 Å². The van der Waals surface area contributed by atoms with Crippen LogP contribution in [0.1, 0.15) is 26.2 Å². The smallest absolute Gasteiger partial charge is 0.239 e. The van der Waals surface area contributed by atoms with Crippen LogP contribution < -0.4 is 5.32 Å². The van der Waals surface area contributed by atoms with E-state index in [1.165, 1.54) is 0 Å². The van der Waals surface area contributed by atoms with Gasteiger partial charge in [-0.15, -0.1) is 0 Å². The van der Waals surface area contributed by atoms with Crippen LogP contribution in [0.5, 0.6) is 0 Å². The molecule has 17 heavy (non-hydrogen) atoms. The molecular weight excluding hydrogens is 218 g/mol. The summed E-state index contributed by atoms with van der Waals surface area (Å²) in [5, 5.41) is 3.23.